The average Bonchev–Trinajstić information content (AvgIpc) is 2.98. The Morgan fingerprint density at radius 2 is 2.15 bits per heavy atom. The third kappa shape index (κ3) is 3.61. The van der Waals surface area contributed by atoms with E-state index in [-0.39, 0.29) is 6.61 Å². The van der Waals surface area contributed by atoms with E-state index in [4.69, 9.17) is 0 Å². The molecule has 2 rings (SSSR count). The fraction of sp³-hybridized carbons (Fsp3) is 0.714. The number of halogens is 1. The van der Waals surface area contributed by atoms with Crippen molar-refractivity contribution in [2.45, 2.75) is 45.1 Å². The fourth-order valence-electron chi connectivity index (χ4n) is 2.71. The van der Waals surface area contributed by atoms with Gasteiger partial charge in [0.2, 0.25) is 0 Å². The Morgan fingerprint density at radius 1 is 1.40 bits per heavy atom. The van der Waals surface area contributed by atoms with Crippen molar-refractivity contribution in [2.75, 3.05) is 29.9 Å². The molecule has 0 radical (unpaired) electrons. The van der Waals surface area contributed by atoms with Gasteiger partial charge in [-0.05, 0) is 35.2 Å². The number of nitrogens with one attached hydrogen (secondary N) is 1. The molecular weight excluding hydrogens is 320 g/mol. The monoisotopic (exact) mass is 342 g/mol. The Kier molecular flexibility index (Phi) is 6.04. The molecule has 0 aliphatic heterocycles. The van der Waals surface area contributed by atoms with Gasteiger partial charge in [-0.3, -0.25) is 0 Å². The number of anilines is 2. The molecule has 1 aromatic rings. The van der Waals surface area contributed by atoms with Crippen LogP contribution in [0.25, 0.3) is 0 Å². The predicted molar refractivity (Wildman–Crippen MR) is 85.2 cm³/mol. The van der Waals surface area contributed by atoms with Crippen molar-refractivity contribution in [3.05, 3.63) is 10.8 Å². The molecule has 0 aromatic carbocycles. The summed E-state index contributed by atoms with van der Waals surface area (Å²) in [7, 11) is 0. The molecule has 0 amide bonds. The van der Waals surface area contributed by atoms with E-state index < -0.39 is 0 Å². The summed E-state index contributed by atoms with van der Waals surface area (Å²) < 4.78 is 0.897. The van der Waals surface area contributed by atoms with Gasteiger partial charge in [-0.25, -0.2) is 9.97 Å². The zero-order valence-electron chi connectivity index (χ0n) is 12.0. The molecule has 1 heterocycles. The number of aromatic nitrogens is 2. The lowest BCUT2D eigenvalue weighted by molar-refractivity contribution is 0.296. The van der Waals surface area contributed by atoms with Crippen molar-refractivity contribution in [2.24, 2.45) is 0 Å². The van der Waals surface area contributed by atoms with Gasteiger partial charge < -0.3 is 15.3 Å². The second-order valence-corrected chi connectivity index (χ2v) is 5.93. The van der Waals surface area contributed by atoms with Gasteiger partial charge in [-0.1, -0.05) is 19.8 Å². The van der Waals surface area contributed by atoms with Gasteiger partial charge in [0.25, 0.3) is 0 Å². The van der Waals surface area contributed by atoms with Gasteiger partial charge >= 0.3 is 0 Å². The quantitative estimate of drug-likeness (QED) is 0.797. The summed E-state index contributed by atoms with van der Waals surface area (Å²) in [4.78, 5) is 10.9. The standard InChI is InChI=1S/C14H23BrN4O/c1-2-7-16-13-12(15)14(18-10-17-13)19(8-9-20)11-5-3-4-6-11/h10-11,20H,2-9H2,1H3,(H,16,17,18). The number of aliphatic hydroxyl groups excluding tert-OH is 1. The molecule has 0 spiro atoms. The molecule has 1 saturated carbocycles. The van der Waals surface area contributed by atoms with E-state index in [0.29, 0.717) is 12.6 Å². The van der Waals surface area contributed by atoms with Gasteiger partial charge in [0.1, 0.15) is 22.4 Å². The highest BCUT2D eigenvalue weighted by Crippen LogP contribution is 2.34. The van der Waals surface area contributed by atoms with E-state index in [9.17, 15) is 5.11 Å². The van der Waals surface area contributed by atoms with E-state index in [0.717, 1.165) is 29.1 Å². The molecule has 0 unspecified atom stereocenters. The van der Waals surface area contributed by atoms with Crippen molar-refractivity contribution in [1.82, 2.24) is 9.97 Å². The molecule has 1 aromatic heterocycles. The van der Waals surface area contributed by atoms with Crippen LogP contribution < -0.4 is 10.2 Å². The third-order valence-electron chi connectivity index (χ3n) is 3.69. The molecule has 1 aliphatic rings. The minimum absolute atomic E-state index is 0.144. The van der Waals surface area contributed by atoms with Gasteiger partial charge in [0.15, 0.2) is 0 Å². The molecule has 0 atom stereocenters. The summed E-state index contributed by atoms with van der Waals surface area (Å²) in [6.07, 6.45) is 7.51. The Hall–Kier alpha value is -0.880. The maximum absolute atomic E-state index is 9.34. The van der Waals surface area contributed by atoms with Crippen LogP contribution in [0.5, 0.6) is 0 Å². The fourth-order valence-corrected chi connectivity index (χ4v) is 3.29. The van der Waals surface area contributed by atoms with Crippen LogP contribution in [0.3, 0.4) is 0 Å². The molecule has 1 fully saturated rings. The van der Waals surface area contributed by atoms with E-state index in [1.165, 1.54) is 25.7 Å². The predicted octanol–water partition coefficient (Wildman–Crippen LogP) is 2.80. The van der Waals surface area contributed by atoms with Crippen LogP contribution in [0.2, 0.25) is 0 Å². The SMILES string of the molecule is CCCNc1ncnc(N(CCO)C2CCCC2)c1Br. The van der Waals surface area contributed by atoms with E-state index in [1.807, 2.05) is 0 Å². The number of hydrogen-bond acceptors (Lipinski definition) is 5. The highest BCUT2D eigenvalue weighted by Gasteiger charge is 2.25. The summed E-state index contributed by atoms with van der Waals surface area (Å²) in [5.41, 5.74) is 0. The van der Waals surface area contributed by atoms with E-state index >= 15 is 0 Å². The molecule has 6 heteroatoms. The Labute approximate surface area is 128 Å². The molecule has 0 saturated heterocycles. The zero-order valence-corrected chi connectivity index (χ0v) is 13.6. The Balaban J connectivity index is 2.22. The van der Waals surface area contributed by atoms with Crippen LogP contribution >= 0.6 is 15.9 Å². The van der Waals surface area contributed by atoms with Crippen molar-refractivity contribution in [1.29, 1.82) is 0 Å². The second kappa shape index (κ2) is 7.78. The largest absolute Gasteiger partial charge is 0.395 e. The highest BCUT2D eigenvalue weighted by atomic mass is 79.9. The van der Waals surface area contributed by atoms with Crippen LogP contribution in [-0.4, -0.2) is 40.8 Å². The third-order valence-corrected chi connectivity index (χ3v) is 4.42. The minimum atomic E-state index is 0.144. The summed E-state index contributed by atoms with van der Waals surface area (Å²) in [6.45, 7) is 3.77. The zero-order chi connectivity index (χ0) is 14.4. The number of aliphatic hydroxyl groups is 1. The lowest BCUT2D eigenvalue weighted by atomic mass is 10.2. The minimum Gasteiger partial charge on any atom is -0.395 e. The molecule has 112 valence electrons. The highest BCUT2D eigenvalue weighted by molar-refractivity contribution is 9.10. The molecule has 20 heavy (non-hydrogen) atoms. The molecule has 2 N–H and O–H groups in total. The maximum Gasteiger partial charge on any atom is 0.148 e. The van der Waals surface area contributed by atoms with Gasteiger partial charge in [0.05, 0.1) is 6.61 Å². The van der Waals surface area contributed by atoms with Gasteiger partial charge in [0, 0.05) is 19.1 Å². The number of hydrogen-bond donors (Lipinski definition) is 2. The van der Waals surface area contributed by atoms with Crippen molar-refractivity contribution in [3.63, 3.8) is 0 Å². The van der Waals surface area contributed by atoms with Crippen molar-refractivity contribution < 1.29 is 5.11 Å². The molecule has 0 bridgehead atoms. The molecule has 5 nitrogen and oxygen atoms in total. The van der Waals surface area contributed by atoms with E-state index in [2.05, 4.69) is 43.0 Å². The topological polar surface area (TPSA) is 61.3 Å². The summed E-state index contributed by atoms with van der Waals surface area (Å²) in [5.74, 6) is 1.72. The van der Waals surface area contributed by atoms with Crippen molar-refractivity contribution >= 4 is 27.6 Å². The first kappa shape index (κ1) is 15.5. The Bertz CT molecular complexity index is 424. The van der Waals surface area contributed by atoms with Crippen molar-refractivity contribution in [3.8, 4) is 0 Å². The van der Waals surface area contributed by atoms with Gasteiger partial charge in [-0.2, -0.15) is 0 Å². The average molecular weight is 343 g/mol. The maximum atomic E-state index is 9.34. The lowest BCUT2D eigenvalue weighted by Gasteiger charge is -2.30. The van der Waals surface area contributed by atoms with Gasteiger partial charge in [-0.15, -0.1) is 0 Å². The summed E-state index contributed by atoms with van der Waals surface area (Å²) >= 11 is 3.62. The normalized spacial score (nSPS) is 15.6. The van der Waals surface area contributed by atoms with Crippen LogP contribution in [0.4, 0.5) is 11.6 Å². The first-order valence-electron chi connectivity index (χ1n) is 7.39. The first-order chi connectivity index (χ1) is 9.77. The Morgan fingerprint density at radius 3 is 2.80 bits per heavy atom. The molecule has 1 aliphatic carbocycles. The number of nitrogens with zero attached hydrogens (tertiary/aromatic N) is 3. The van der Waals surface area contributed by atoms with Crippen LogP contribution in [0, 0.1) is 0 Å². The lowest BCUT2D eigenvalue weighted by Crippen LogP contribution is -2.36. The first-order valence-corrected chi connectivity index (χ1v) is 8.19. The summed E-state index contributed by atoms with van der Waals surface area (Å²) in [6, 6.07) is 0.479. The van der Waals surface area contributed by atoms with Crippen LogP contribution in [0.1, 0.15) is 39.0 Å². The van der Waals surface area contributed by atoms with E-state index in [1.54, 1.807) is 6.33 Å². The van der Waals surface area contributed by atoms with Crippen LogP contribution in [-0.2, 0) is 0 Å². The smallest absolute Gasteiger partial charge is 0.148 e. The second-order valence-electron chi connectivity index (χ2n) is 5.14. The number of rotatable bonds is 7. The van der Waals surface area contributed by atoms with Crippen LogP contribution in [0.15, 0.2) is 10.8 Å². The molecular formula is C14H23BrN4O. The summed E-state index contributed by atoms with van der Waals surface area (Å²) in [5, 5.41) is 12.6.